The van der Waals surface area contributed by atoms with Crippen LogP contribution in [-0.2, 0) is 0 Å². The van der Waals surface area contributed by atoms with Gasteiger partial charge in [-0.3, -0.25) is 14.7 Å². The number of fused-ring (bicyclic) bond motifs is 3. The van der Waals surface area contributed by atoms with Crippen molar-refractivity contribution < 1.29 is 4.79 Å². The molecule has 0 saturated carbocycles. The van der Waals surface area contributed by atoms with Gasteiger partial charge in [-0.2, -0.15) is 0 Å². The summed E-state index contributed by atoms with van der Waals surface area (Å²) in [5.41, 5.74) is 4.17. The van der Waals surface area contributed by atoms with E-state index in [1.165, 1.54) is 4.68 Å². The SMILES string of the molecule is O=C1C2=C(Nc3[nH]n(-c4ccccc4)c(=O)c3[C@H]2c2ccc(Cl)cc2Cl)c2ccccc21. The molecule has 0 amide bonds. The van der Waals surface area contributed by atoms with Crippen LogP contribution in [-0.4, -0.2) is 15.6 Å². The van der Waals surface area contributed by atoms with E-state index in [0.29, 0.717) is 49.5 Å². The summed E-state index contributed by atoms with van der Waals surface area (Å²) in [6, 6.07) is 21.9. The minimum Gasteiger partial charge on any atom is -0.339 e. The largest absolute Gasteiger partial charge is 0.339 e. The number of carbonyl (C=O) groups is 1. The molecule has 0 unspecified atom stereocenters. The number of nitrogens with one attached hydrogen (secondary N) is 2. The first-order valence-electron chi connectivity index (χ1n) is 10.0. The van der Waals surface area contributed by atoms with Crippen molar-refractivity contribution >= 4 is 40.5 Å². The molecule has 0 spiro atoms. The molecule has 2 N–H and O–H groups in total. The van der Waals surface area contributed by atoms with Gasteiger partial charge in [0.25, 0.3) is 5.56 Å². The molecule has 3 aromatic carbocycles. The van der Waals surface area contributed by atoms with Crippen LogP contribution < -0.4 is 10.9 Å². The zero-order valence-electron chi connectivity index (χ0n) is 16.5. The van der Waals surface area contributed by atoms with Crippen LogP contribution in [0.1, 0.15) is 33.0 Å². The Kier molecular flexibility index (Phi) is 4.18. The lowest BCUT2D eigenvalue weighted by Gasteiger charge is -2.25. The third-order valence-corrected chi connectivity index (χ3v) is 6.56. The number of para-hydroxylation sites is 1. The molecule has 7 heteroatoms. The quantitative estimate of drug-likeness (QED) is 0.407. The van der Waals surface area contributed by atoms with Crippen LogP contribution in [0.2, 0.25) is 10.0 Å². The summed E-state index contributed by atoms with van der Waals surface area (Å²) >= 11 is 12.7. The smallest absolute Gasteiger partial charge is 0.277 e. The predicted molar refractivity (Wildman–Crippen MR) is 126 cm³/mol. The molecule has 1 atom stereocenters. The molecule has 5 nitrogen and oxygen atoms in total. The van der Waals surface area contributed by atoms with Gasteiger partial charge in [0, 0.05) is 26.7 Å². The van der Waals surface area contributed by atoms with Gasteiger partial charge in [0.15, 0.2) is 5.78 Å². The second-order valence-electron chi connectivity index (χ2n) is 7.76. The van der Waals surface area contributed by atoms with Gasteiger partial charge in [-0.05, 0) is 29.8 Å². The van der Waals surface area contributed by atoms with Gasteiger partial charge in [-0.15, -0.1) is 0 Å². The zero-order valence-corrected chi connectivity index (χ0v) is 18.0. The van der Waals surface area contributed by atoms with Gasteiger partial charge in [0.2, 0.25) is 0 Å². The number of nitrogens with zero attached hydrogens (tertiary/aromatic N) is 1. The van der Waals surface area contributed by atoms with Gasteiger partial charge in [0.05, 0.1) is 22.9 Å². The summed E-state index contributed by atoms with van der Waals surface area (Å²) in [6.45, 7) is 0. The minimum atomic E-state index is -0.639. The molecule has 0 bridgehead atoms. The number of carbonyl (C=O) groups excluding carboxylic acids is 1. The van der Waals surface area contributed by atoms with Crippen molar-refractivity contribution in [2.45, 2.75) is 5.92 Å². The van der Waals surface area contributed by atoms with Crippen LogP contribution >= 0.6 is 23.2 Å². The third-order valence-electron chi connectivity index (χ3n) is 6.00. The number of Topliss-reactive ketones (excluding diaryl/α,β-unsaturated/α-hetero) is 1. The molecule has 156 valence electrons. The number of hydrogen-bond acceptors (Lipinski definition) is 3. The summed E-state index contributed by atoms with van der Waals surface area (Å²) < 4.78 is 1.48. The van der Waals surface area contributed by atoms with Crippen LogP contribution in [0.25, 0.3) is 11.4 Å². The first-order chi connectivity index (χ1) is 15.5. The fourth-order valence-corrected chi connectivity index (χ4v) is 5.12. The average Bonchev–Trinajstić information content (AvgIpc) is 3.28. The first kappa shape index (κ1) is 19.2. The zero-order chi connectivity index (χ0) is 22.0. The highest BCUT2D eigenvalue weighted by Crippen LogP contribution is 2.49. The monoisotopic (exact) mass is 459 g/mol. The number of benzene rings is 3. The maximum atomic E-state index is 13.6. The van der Waals surface area contributed by atoms with E-state index in [-0.39, 0.29) is 11.3 Å². The Hall–Kier alpha value is -3.54. The minimum absolute atomic E-state index is 0.114. The number of anilines is 1. The van der Waals surface area contributed by atoms with Crippen molar-refractivity contribution in [3.8, 4) is 5.69 Å². The average molecular weight is 460 g/mol. The molecule has 32 heavy (non-hydrogen) atoms. The molecule has 1 aliphatic heterocycles. The first-order valence-corrected chi connectivity index (χ1v) is 10.8. The third kappa shape index (κ3) is 2.65. The maximum absolute atomic E-state index is 13.6. The standard InChI is InChI=1S/C25H15Cl2N3O2/c26-13-10-11-17(18(27)12-13)19-20-22(15-8-4-5-9-16(15)23(20)31)28-24-21(19)25(32)30(29-24)14-6-2-1-3-7-14/h1-12,19,28-29H/t19-/m0/s1. The highest BCUT2D eigenvalue weighted by molar-refractivity contribution is 6.35. The second-order valence-corrected chi connectivity index (χ2v) is 8.61. The Morgan fingerprint density at radius 3 is 2.31 bits per heavy atom. The molecule has 2 aliphatic rings. The fourth-order valence-electron chi connectivity index (χ4n) is 4.60. The molecule has 0 fully saturated rings. The van der Waals surface area contributed by atoms with E-state index in [1.54, 1.807) is 24.3 Å². The molecular weight excluding hydrogens is 445 g/mol. The van der Waals surface area contributed by atoms with E-state index in [1.807, 2.05) is 48.5 Å². The van der Waals surface area contributed by atoms with Crippen LogP contribution in [0, 0.1) is 0 Å². The summed E-state index contributed by atoms with van der Waals surface area (Å²) in [5, 5.41) is 7.39. The van der Waals surface area contributed by atoms with Crippen molar-refractivity contribution in [1.29, 1.82) is 0 Å². The van der Waals surface area contributed by atoms with Crippen molar-refractivity contribution in [3.05, 3.63) is 121 Å². The predicted octanol–water partition coefficient (Wildman–Crippen LogP) is 5.64. The van der Waals surface area contributed by atoms with E-state index in [0.717, 1.165) is 5.56 Å². The highest BCUT2D eigenvalue weighted by atomic mass is 35.5. The van der Waals surface area contributed by atoms with Gasteiger partial charge in [-0.25, -0.2) is 4.68 Å². The number of allylic oxidation sites excluding steroid dienone is 1. The maximum Gasteiger partial charge on any atom is 0.277 e. The molecule has 0 radical (unpaired) electrons. The van der Waals surface area contributed by atoms with E-state index < -0.39 is 5.92 Å². The topological polar surface area (TPSA) is 66.9 Å². The van der Waals surface area contributed by atoms with Crippen molar-refractivity contribution in [2.24, 2.45) is 0 Å². The Balaban J connectivity index is 1.65. The van der Waals surface area contributed by atoms with Crippen LogP contribution in [0.4, 0.5) is 5.82 Å². The highest BCUT2D eigenvalue weighted by Gasteiger charge is 2.43. The second kappa shape index (κ2) is 6.99. The van der Waals surface area contributed by atoms with Gasteiger partial charge >= 0.3 is 0 Å². The molecule has 2 heterocycles. The lowest BCUT2D eigenvalue weighted by molar-refractivity contribution is 0.103. The Morgan fingerprint density at radius 2 is 1.56 bits per heavy atom. The van der Waals surface area contributed by atoms with Crippen molar-refractivity contribution in [2.75, 3.05) is 5.32 Å². The lowest BCUT2D eigenvalue weighted by atomic mass is 9.82. The number of aromatic nitrogens is 2. The fraction of sp³-hybridized carbons (Fsp3) is 0.0400. The molecule has 6 rings (SSSR count). The number of H-pyrrole nitrogens is 1. The summed E-state index contributed by atoms with van der Waals surface area (Å²) in [4.78, 5) is 27.1. The molecule has 1 aliphatic carbocycles. The number of rotatable bonds is 2. The number of ketones is 1. The molecule has 0 saturated heterocycles. The van der Waals surface area contributed by atoms with Gasteiger partial charge in [0.1, 0.15) is 5.82 Å². The molecular formula is C25H15Cl2N3O2. The van der Waals surface area contributed by atoms with Crippen LogP contribution in [0.15, 0.2) is 83.2 Å². The Morgan fingerprint density at radius 1 is 0.844 bits per heavy atom. The van der Waals surface area contributed by atoms with Crippen molar-refractivity contribution in [3.63, 3.8) is 0 Å². The summed E-state index contributed by atoms with van der Waals surface area (Å²) in [6.07, 6.45) is 0. The molecule has 1 aromatic heterocycles. The molecule has 4 aromatic rings. The Labute approximate surface area is 192 Å². The summed E-state index contributed by atoms with van der Waals surface area (Å²) in [5.74, 6) is -0.214. The number of aromatic amines is 1. The van der Waals surface area contributed by atoms with Gasteiger partial charge < -0.3 is 5.32 Å². The van der Waals surface area contributed by atoms with Gasteiger partial charge in [-0.1, -0.05) is 71.7 Å². The van der Waals surface area contributed by atoms with Crippen LogP contribution in [0.5, 0.6) is 0 Å². The van der Waals surface area contributed by atoms with E-state index >= 15 is 0 Å². The van der Waals surface area contributed by atoms with E-state index in [9.17, 15) is 9.59 Å². The number of halogens is 2. The van der Waals surface area contributed by atoms with Crippen LogP contribution in [0.3, 0.4) is 0 Å². The Bertz CT molecular complexity index is 1520. The summed E-state index contributed by atoms with van der Waals surface area (Å²) in [7, 11) is 0. The van der Waals surface area contributed by atoms with E-state index in [2.05, 4.69) is 10.4 Å². The van der Waals surface area contributed by atoms with E-state index in [4.69, 9.17) is 23.2 Å². The normalized spacial score (nSPS) is 16.4. The number of hydrogen-bond donors (Lipinski definition) is 2. The van der Waals surface area contributed by atoms with Crippen molar-refractivity contribution in [1.82, 2.24) is 9.78 Å². The lowest BCUT2D eigenvalue weighted by Crippen LogP contribution is -2.25.